The lowest BCUT2D eigenvalue weighted by Crippen LogP contribution is -2.27. The maximum atomic E-state index is 11.8. The van der Waals surface area contributed by atoms with E-state index in [2.05, 4.69) is 5.32 Å². The number of nitrogens with two attached hydrogens (primary N) is 1. The molecule has 0 fully saturated rings. The van der Waals surface area contributed by atoms with Crippen molar-refractivity contribution in [3.8, 4) is 5.75 Å². The molecule has 0 aliphatic rings. The maximum absolute atomic E-state index is 11.8. The molecule has 1 amide bonds. The Morgan fingerprint density at radius 1 is 0.962 bits per heavy atom. The molecule has 0 bridgehead atoms. The molecule has 1 aromatic carbocycles. The molecule has 0 unspecified atom stereocenters. The first-order chi connectivity index (χ1) is 12.8. The fraction of sp³-hybridized carbons (Fsp3) is 0.650. The van der Waals surface area contributed by atoms with Gasteiger partial charge >= 0.3 is 0 Å². The van der Waals surface area contributed by atoms with Gasteiger partial charge in [0.1, 0.15) is 5.75 Å². The van der Waals surface area contributed by atoms with Crippen molar-refractivity contribution in [1.82, 2.24) is 5.32 Å². The van der Waals surface area contributed by atoms with E-state index in [1.165, 1.54) is 5.56 Å². The van der Waals surface area contributed by atoms with Crippen molar-refractivity contribution in [2.45, 2.75) is 38.5 Å². The first kappa shape index (κ1) is 22.4. The van der Waals surface area contributed by atoms with Crippen molar-refractivity contribution in [2.24, 2.45) is 5.73 Å². The number of nitrogens with one attached hydrogen (secondary N) is 1. The summed E-state index contributed by atoms with van der Waals surface area (Å²) in [5, 5.41) is 2.88. The van der Waals surface area contributed by atoms with Gasteiger partial charge in [0.2, 0.25) is 5.91 Å². The third kappa shape index (κ3) is 11.8. The monoisotopic (exact) mass is 366 g/mol. The molecule has 0 aromatic heterocycles. The van der Waals surface area contributed by atoms with E-state index in [9.17, 15) is 4.79 Å². The number of rotatable bonds is 16. The summed E-state index contributed by atoms with van der Waals surface area (Å²) in [6.45, 7) is 3.71. The largest absolute Gasteiger partial charge is 0.497 e. The van der Waals surface area contributed by atoms with Crippen LogP contribution in [-0.4, -0.2) is 52.5 Å². The highest BCUT2D eigenvalue weighted by atomic mass is 16.5. The van der Waals surface area contributed by atoms with Crippen molar-refractivity contribution in [2.75, 3.05) is 46.6 Å². The van der Waals surface area contributed by atoms with Gasteiger partial charge in [0, 0.05) is 19.6 Å². The number of carbonyl (C=O) groups excluding carboxylic acids is 1. The standard InChI is InChI=1S/C20H34N2O4/c1-24-19-10-8-18(9-11-19)6-5-7-20(23)22-13-15-26-17-16-25-14-4-2-3-12-21/h8-11H,2-7,12-17,21H2,1H3,(H,22,23). The van der Waals surface area contributed by atoms with Gasteiger partial charge in [-0.2, -0.15) is 0 Å². The van der Waals surface area contributed by atoms with Gasteiger partial charge in [0.05, 0.1) is 26.9 Å². The second-order valence-corrected chi connectivity index (χ2v) is 6.13. The maximum Gasteiger partial charge on any atom is 0.220 e. The molecule has 3 N–H and O–H groups in total. The minimum absolute atomic E-state index is 0.0678. The fourth-order valence-electron chi connectivity index (χ4n) is 2.44. The summed E-state index contributed by atoms with van der Waals surface area (Å²) in [5.41, 5.74) is 6.64. The molecule has 0 aliphatic heterocycles. The van der Waals surface area contributed by atoms with Crippen LogP contribution in [-0.2, 0) is 20.7 Å². The molecule has 1 rings (SSSR count). The minimum Gasteiger partial charge on any atom is -0.497 e. The van der Waals surface area contributed by atoms with Crippen LogP contribution in [0.15, 0.2) is 24.3 Å². The van der Waals surface area contributed by atoms with Gasteiger partial charge in [-0.25, -0.2) is 0 Å². The highest BCUT2D eigenvalue weighted by Crippen LogP contribution is 2.13. The number of ether oxygens (including phenoxy) is 3. The van der Waals surface area contributed by atoms with E-state index in [0.717, 1.165) is 51.0 Å². The van der Waals surface area contributed by atoms with Crippen molar-refractivity contribution >= 4 is 5.91 Å². The van der Waals surface area contributed by atoms with Crippen molar-refractivity contribution in [3.63, 3.8) is 0 Å². The lowest BCUT2D eigenvalue weighted by molar-refractivity contribution is -0.121. The van der Waals surface area contributed by atoms with Crippen LogP contribution in [0.25, 0.3) is 0 Å². The number of unbranched alkanes of at least 4 members (excludes halogenated alkanes) is 2. The predicted octanol–water partition coefficient (Wildman–Crippen LogP) is 2.30. The Labute approximate surface area is 157 Å². The number of carbonyl (C=O) groups is 1. The fourth-order valence-corrected chi connectivity index (χ4v) is 2.44. The van der Waals surface area contributed by atoms with Crippen LogP contribution < -0.4 is 15.8 Å². The van der Waals surface area contributed by atoms with E-state index >= 15 is 0 Å². The quantitative estimate of drug-likeness (QED) is 0.439. The molecule has 6 nitrogen and oxygen atoms in total. The summed E-state index contributed by atoms with van der Waals surface area (Å²) in [6, 6.07) is 7.95. The number of hydrogen-bond donors (Lipinski definition) is 2. The van der Waals surface area contributed by atoms with Crippen LogP contribution in [0.3, 0.4) is 0 Å². The zero-order valence-corrected chi connectivity index (χ0v) is 16.0. The number of amides is 1. The average molecular weight is 367 g/mol. The van der Waals surface area contributed by atoms with Crippen LogP contribution in [0.5, 0.6) is 5.75 Å². The lowest BCUT2D eigenvalue weighted by atomic mass is 10.1. The predicted molar refractivity (Wildman–Crippen MR) is 103 cm³/mol. The molecular weight excluding hydrogens is 332 g/mol. The molecule has 26 heavy (non-hydrogen) atoms. The third-order valence-corrected chi connectivity index (χ3v) is 3.96. The number of benzene rings is 1. The summed E-state index contributed by atoms with van der Waals surface area (Å²) < 4.78 is 16.0. The highest BCUT2D eigenvalue weighted by molar-refractivity contribution is 5.75. The second kappa shape index (κ2) is 15.6. The number of aryl methyl sites for hydroxylation is 1. The van der Waals surface area contributed by atoms with Crippen LogP contribution in [0.1, 0.15) is 37.7 Å². The van der Waals surface area contributed by atoms with Crippen LogP contribution in [0.2, 0.25) is 0 Å². The van der Waals surface area contributed by atoms with Gasteiger partial charge in [0.15, 0.2) is 0 Å². The highest BCUT2D eigenvalue weighted by Gasteiger charge is 2.02. The SMILES string of the molecule is COc1ccc(CCCC(=O)NCCOCCOCCCCCN)cc1. The topological polar surface area (TPSA) is 82.8 Å². The molecule has 1 aromatic rings. The Hall–Kier alpha value is -1.63. The molecule has 6 heteroatoms. The Kier molecular flexibility index (Phi) is 13.5. The van der Waals surface area contributed by atoms with E-state index in [4.69, 9.17) is 19.9 Å². The Bertz CT molecular complexity index is 465. The van der Waals surface area contributed by atoms with Crippen molar-refractivity contribution in [3.05, 3.63) is 29.8 Å². The summed E-state index contributed by atoms with van der Waals surface area (Å²) in [4.78, 5) is 11.8. The number of hydrogen-bond acceptors (Lipinski definition) is 5. The Morgan fingerprint density at radius 3 is 2.38 bits per heavy atom. The van der Waals surface area contributed by atoms with Gasteiger partial charge in [-0.1, -0.05) is 12.1 Å². The van der Waals surface area contributed by atoms with Gasteiger partial charge in [-0.05, 0) is 56.3 Å². The van der Waals surface area contributed by atoms with E-state index < -0.39 is 0 Å². The van der Waals surface area contributed by atoms with Gasteiger partial charge in [-0.15, -0.1) is 0 Å². The normalized spacial score (nSPS) is 10.7. The molecule has 0 heterocycles. The molecule has 0 saturated carbocycles. The smallest absolute Gasteiger partial charge is 0.220 e. The Balaban J connectivity index is 1.89. The van der Waals surface area contributed by atoms with Crippen LogP contribution >= 0.6 is 0 Å². The average Bonchev–Trinajstić information content (AvgIpc) is 2.66. The minimum atomic E-state index is 0.0678. The summed E-state index contributed by atoms with van der Waals surface area (Å²) >= 11 is 0. The van der Waals surface area contributed by atoms with Crippen molar-refractivity contribution in [1.29, 1.82) is 0 Å². The van der Waals surface area contributed by atoms with E-state index in [1.54, 1.807) is 7.11 Å². The van der Waals surface area contributed by atoms with E-state index in [0.29, 0.717) is 32.8 Å². The van der Waals surface area contributed by atoms with E-state index in [-0.39, 0.29) is 5.91 Å². The van der Waals surface area contributed by atoms with Gasteiger partial charge < -0.3 is 25.3 Å². The summed E-state index contributed by atoms with van der Waals surface area (Å²) in [6.07, 6.45) is 5.46. The molecule has 0 spiro atoms. The molecule has 0 radical (unpaired) electrons. The molecule has 0 atom stereocenters. The van der Waals surface area contributed by atoms with E-state index in [1.807, 2.05) is 24.3 Å². The third-order valence-electron chi connectivity index (χ3n) is 3.96. The van der Waals surface area contributed by atoms with Gasteiger partial charge in [-0.3, -0.25) is 4.79 Å². The van der Waals surface area contributed by atoms with Crippen molar-refractivity contribution < 1.29 is 19.0 Å². The van der Waals surface area contributed by atoms with Crippen LogP contribution in [0.4, 0.5) is 0 Å². The second-order valence-electron chi connectivity index (χ2n) is 6.13. The zero-order valence-electron chi connectivity index (χ0n) is 16.0. The summed E-state index contributed by atoms with van der Waals surface area (Å²) in [7, 11) is 1.65. The summed E-state index contributed by atoms with van der Waals surface area (Å²) in [5.74, 6) is 0.918. The molecule has 0 aliphatic carbocycles. The molecule has 148 valence electrons. The number of methoxy groups -OCH3 is 1. The van der Waals surface area contributed by atoms with Crippen LogP contribution in [0, 0.1) is 0 Å². The first-order valence-electron chi connectivity index (χ1n) is 9.51. The molecule has 0 saturated heterocycles. The lowest BCUT2D eigenvalue weighted by Gasteiger charge is -2.07. The Morgan fingerprint density at radius 2 is 1.69 bits per heavy atom. The first-order valence-corrected chi connectivity index (χ1v) is 9.51. The zero-order chi connectivity index (χ0) is 18.9. The van der Waals surface area contributed by atoms with Gasteiger partial charge in [0.25, 0.3) is 0 Å². The molecular formula is C20H34N2O4.